The van der Waals surface area contributed by atoms with E-state index in [9.17, 15) is 5.11 Å². The van der Waals surface area contributed by atoms with Crippen molar-refractivity contribution in [3.8, 4) is 0 Å². The average molecular weight is 223 g/mol. The van der Waals surface area contributed by atoms with Crippen molar-refractivity contribution in [3.05, 3.63) is 11.6 Å². The van der Waals surface area contributed by atoms with Crippen LogP contribution in [0.3, 0.4) is 0 Å². The predicted octanol–water partition coefficient (Wildman–Crippen LogP) is 1.77. The van der Waals surface area contributed by atoms with Crippen LogP contribution in [0.5, 0.6) is 0 Å². The molecular weight excluding hydrogens is 202 g/mol. The van der Waals surface area contributed by atoms with Crippen molar-refractivity contribution in [2.24, 2.45) is 11.8 Å². The number of aliphatic hydroxyl groups excluding tert-OH is 1. The lowest BCUT2D eigenvalue weighted by Crippen LogP contribution is -2.19. The van der Waals surface area contributed by atoms with Crippen molar-refractivity contribution in [2.75, 3.05) is 0 Å². The van der Waals surface area contributed by atoms with E-state index in [4.69, 9.17) is 0 Å². The van der Waals surface area contributed by atoms with Crippen molar-refractivity contribution < 1.29 is 5.11 Å². The van der Waals surface area contributed by atoms with E-state index in [1.165, 1.54) is 19.3 Å². The van der Waals surface area contributed by atoms with Gasteiger partial charge in [0.05, 0.1) is 0 Å². The van der Waals surface area contributed by atoms with Gasteiger partial charge in [-0.25, -0.2) is 0 Å². The second kappa shape index (κ2) is 4.95. The lowest BCUT2D eigenvalue weighted by Gasteiger charge is -2.25. The second-order valence-corrected chi connectivity index (χ2v) is 5.20. The van der Waals surface area contributed by atoms with Gasteiger partial charge in [0, 0.05) is 13.0 Å². The predicted molar refractivity (Wildman–Crippen MR) is 61.8 cm³/mol. The molecule has 0 unspecified atom stereocenters. The third-order valence-corrected chi connectivity index (χ3v) is 3.29. The Balaban J connectivity index is 2.11. The summed E-state index contributed by atoms with van der Waals surface area (Å²) in [7, 11) is 0. The molecule has 1 aliphatic carbocycles. The summed E-state index contributed by atoms with van der Waals surface area (Å²) in [5.74, 6) is 3.12. The fraction of sp³-hybridized carbons (Fsp3) is 0.833. The van der Waals surface area contributed by atoms with Crippen LogP contribution < -0.4 is 0 Å². The van der Waals surface area contributed by atoms with Gasteiger partial charge >= 0.3 is 0 Å². The van der Waals surface area contributed by atoms with Crippen LogP contribution in [0, 0.1) is 11.8 Å². The van der Waals surface area contributed by atoms with E-state index < -0.39 is 0 Å². The maximum Gasteiger partial charge on any atom is 0.158 e. The third kappa shape index (κ3) is 2.43. The zero-order valence-corrected chi connectivity index (χ0v) is 10.2. The molecule has 1 fully saturated rings. The molecule has 0 aliphatic heterocycles. The number of hydrogen-bond acceptors (Lipinski definition) is 3. The third-order valence-electron chi connectivity index (χ3n) is 3.29. The zero-order valence-electron chi connectivity index (χ0n) is 10.2. The Labute approximate surface area is 96.7 Å². The van der Waals surface area contributed by atoms with Gasteiger partial charge in [0.1, 0.15) is 12.4 Å². The fourth-order valence-corrected chi connectivity index (χ4v) is 2.17. The molecular formula is C12H21N3O. The van der Waals surface area contributed by atoms with E-state index in [1.54, 1.807) is 0 Å². The van der Waals surface area contributed by atoms with E-state index in [0.29, 0.717) is 11.7 Å². The molecule has 1 aliphatic rings. The number of nitrogens with zero attached hydrogens (tertiary/aromatic N) is 3. The van der Waals surface area contributed by atoms with Gasteiger partial charge in [0.15, 0.2) is 5.82 Å². The molecule has 1 saturated carbocycles. The van der Waals surface area contributed by atoms with Crippen LogP contribution in [0.2, 0.25) is 0 Å². The molecule has 1 N–H and O–H groups in total. The normalized spacial score (nSPS) is 16.8. The number of hydrogen-bond donors (Lipinski definition) is 1. The van der Waals surface area contributed by atoms with E-state index in [-0.39, 0.29) is 6.61 Å². The SMILES string of the molecule is CC(C)Cn1c(CO)nnc1CC1CCC1. The number of aromatic nitrogens is 3. The van der Waals surface area contributed by atoms with Gasteiger partial charge < -0.3 is 9.67 Å². The first-order valence-corrected chi connectivity index (χ1v) is 6.22. The van der Waals surface area contributed by atoms with Gasteiger partial charge in [0.2, 0.25) is 0 Å². The molecule has 0 aromatic carbocycles. The summed E-state index contributed by atoms with van der Waals surface area (Å²) < 4.78 is 2.10. The Morgan fingerprint density at radius 2 is 2.00 bits per heavy atom. The highest BCUT2D eigenvalue weighted by atomic mass is 16.3. The van der Waals surface area contributed by atoms with Crippen LogP contribution >= 0.6 is 0 Å². The van der Waals surface area contributed by atoms with E-state index in [0.717, 1.165) is 24.7 Å². The molecule has 2 rings (SSSR count). The lowest BCUT2D eigenvalue weighted by molar-refractivity contribution is 0.259. The molecule has 1 heterocycles. The number of aliphatic hydroxyl groups is 1. The first kappa shape index (κ1) is 11.6. The lowest BCUT2D eigenvalue weighted by atomic mass is 9.83. The van der Waals surface area contributed by atoms with Crippen LogP contribution in [0.4, 0.5) is 0 Å². The van der Waals surface area contributed by atoms with Gasteiger partial charge in [-0.2, -0.15) is 0 Å². The van der Waals surface area contributed by atoms with Gasteiger partial charge in [-0.15, -0.1) is 10.2 Å². The molecule has 16 heavy (non-hydrogen) atoms. The molecule has 0 radical (unpaired) electrons. The Bertz CT molecular complexity index is 342. The van der Waals surface area contributed by atoms with Crippen molar-refractivity contribution in [2.45, 2.75) is 52.7 Å². The van der Waals surface area contributed by atoms with E-state index in [1.807, 2.05) is 0 Å². The fourth-order valence-electron chi connectivity index (χ4n) is 2.17. The maximum absolute atomic E-state index is 9.23. The highest BCUT2D eigenvalue weighted by Crippen LogP contribution is 2.29. The molecule has 4 heteroatoms. The van der Waals surface area contributed by atoms with Gasteiger partial charge in [-0.05, 0) is 11.8 Å². The summed E-state index contributed by atoms with van der Waals surface area (Å²) in [5, 5.41) is 17.5. The standard InChI is InChI=1S/C12H21N3O/c1-9(2)7-15-11(6-10-4-3-5-10)13-14-12(15)8-16/h9-10,16H,3-8H2,1-2H3. The van der Waals surface area contributed by atoms with Crippen LogP contribution in [0.15, 0.2) is 0 Å². The summed E-state index contributed by atoms with van der Waals surface area (Å²) in [6.45, 7) is 5.25. The summed E-state index contributed by atoms with van der Waals surface area (Å²) in [6.07, 6.45) is 5.03. The minimum Gasteiger partial charge on any atom is -0.388 e. The first-order chi connectivity index (χ1) is 7.70. The van der Waals surface area contributed by atoms with Crippen LogP contribution in [-0.4, -0.2) is 19.9 Å². The Morgan fingerprint density at radius 3 is 2.50 bits per heavy atom. The molecule has 0 saturated heterocycles. The minimum absolute atomic E-state index is 0.00954. The Hall–Kier alpha value is -0.900. The summed E-state index contributed by atoms with van der Waals surface area (Å²) in [4.78, 5) is 0. The zero-order chi connectivity index (χ0) is 11.5. The van der Waals surface area contributed by atoms with Gasteiger partial charge in [0.25, 0.3) is 0 Å². The van der Waals surface area contributed by atoms with Crippen molar-refractivity contribution in [1.82, 2.24) is 14.8 Å². The summed E-state index contributed by atoms with van der Waals surface area (Å²) >= 11 is 0. The number of rotatable bonds is 5. The molecule has 0 amide bonds. The van der Waals surface area contributed by atoms with Crippen molar-refractivity contribution in [3.63, 3.8) is 0 Å². The topological polar surface area (TPSA) is 50.9 Å². The van der Waals surface area contributed by atoms with Gasteiger partial charge in [-0.3, -0.25) is 0 Å². The Morgan fingerprint density at radius 1 is 1.31 bits per heavy atom. The van der Waals surface area contributed by atoms with Gasteiger partial charge in [-0.1, -0.05) is 33.1 Å². The van der Waals surface area contributed by atoms with Crippen molar-refractivity contribution in [1.29, 1.82) is 0 Å². The highest BCUT2D eigenvalue weighted by Gasteiger charge is 2.22. The van der Waals surface area contributed by atoms with Crippen LogP contribution in [0.1, 0.15) is 44.8 Å². The monoisotopic (exact) mass is 223 g/mol. The maximum atomic E-state index is 9.23. The molecule has 1 aromatic heterocycles. The van der Waals surface area contributed by atoms with E-state index >= 15 is 0 Å². The summed E-state index contributed by atoms with van der Waals surface area (Å²) in [6, 6.07) is 0. The highest BCUT2D eigenvalue weighted by molar-refractivity contribution is 4.97. The first-order valence-electron chi connectivity index (χ1n) is 6.22. The van der Waals surface area contributed by atoms with E-state index in [2.05, 4.69) is 28.6 Å². The minimum atomic E-state index is -0.00954. The van der Waals surface area contributed by atoms with Crippen LogP contribution in [0.25, 0.3) is 0 Å². The van der Waals surface area contributed by atoms with Crippen molar-refractivity contribution >= 4 is 0 Å². The molecule has 90 valence electrons. The molecule has 1 aromatic rings. The molecule has 0 atom stereocenters. The molecule has 4 nitrogen and oxygen atoms in total. The second-order valence-electron chi connectivity index (χ2n) is 5.20. The smallest absolute Gasteiger partial charge is 0.158 e. The average Bonchev–Trinajstić information content (AvgIpc) is 2.53. The largest absolute Gasteiger partial charge is 0.388 e. The quantitative estimate of drug-likeness (QED) is 0.827. The molecule has 0 spiro atoms. The van der Waals surface area contributed by atoms with Crippen LogP contribution in [-0.2, 0) is 19.6 Å². The molecule has 0 bridgehead atoms. The summed E-state index contributed by atoms with van der Waals surface area (Å²) in [5.41, 5.74) is 0. The Kier molecular flexibility index (Phi) is 3.59.